The van der Waals surface area contributed by atoms with Crippen LogP contribution >= 0.6 is 0 Å². The first kappa shape index (κ1) is 28.5. The van der Waals surface area contributed by atoms with Crippen molar-refractivity contribution < 1.29 is 14.3 Å². The summed E-state index contributed by atoms with van der Waals surface area (Å²) in [7, 11) is 8.96. The molecule has 218 valence electrons. The van der Waals surface area contributed by atoms with E-state index in [1.54, 1.807) is 25.4 Å². The van der Waals surface area contributed by atoms with Crippen molar-refractivity contribution in [2.45, 2.75) is 18.9 Å². The fourth-order valence-electron chi connectivity index (χ4n) is 5.48. The van der Waals surface area contributed by atoms with Crippen molar-refractivity contribution >= 4 is 23.4 Å². The van der Waals surface area contributed by atoms with Gasteiger partial charge in [-0.25, -0.2) is 4.98 Å². The predicted molar refractivity (Wildman–Crippen MR) is 163 cm³/mol. The molecule has 0 spiro atoms. The van der Waals surface area contributed by atoms with Crippen molar-refractivity contribution in [3.05, 3.63) is 94.4 Å². The third-order valence-corrected chi connectivity index (χ3v) is 7.41. The van der Waals surface area contributed by atoms with Gasteiger partial charge in [-0.2, -0.15) is 10.1 Å². The summed E-state index contributed by atoms with van der Waals surface area (Å²) in [4.78, 5) is 26.1. The molecular weight excluding hydrogens is 532 g/mol. The van der Waals surface area contributed by atoms with Crippen LogP contribution in [0.25, 0.3) is 0 Å². The summed E-state index contributed by atoms with van der Waals surface area (Å²) in [5, 5.41) is 4.70. The van der Waals surface area contributed by atoms with E-state index in [1.807, 2.05) is 43.0 Å². The SMILES string of the molecule is COc1cc(Cc2cnc(N)nc2N)cc(C(=O)/C=C/N2CCc3ccccc3C2c2cn(C)nc2N(C)C)c1OC. The Bertz CT molecular complexity index is 1650. The highest BCUT2D eigenvalue weighted by molar-refractivity contribution is 6.07. The van der Waals surface area contributed by atoms with Crippen molar-refractivity contribution in [3.63, 3.8) is 0 Å². The molecule has 1 aliphatic heterocycles. The molecule has 0 saturated carbocycles. The maximum absolute atomic E-state index is 13.8. The zero-order valence-electron chi connectivity index (χ0n) is 24.5. The lowest BCUT2D eigenvalue weighted by Gasteiger charge is -2.37. The van der Waals surface area contributed by atoms with Gasteiger partial charge in [0.2, 0.25) is 5.95 Å². The minimum absolute atomic E-state index is 0.104. The molecule has 2 aromatic carbocycles. The second-order valence-corrected chi connectivity index (χ2v) is 10.4. The number of aromatic nitrogens is 4. The number of hydrogen-bond acceptors (Lipinski definition) is 10. The highest BCUT2D eigenvalue weighted by Gasteiger charge is 2.31. The molecular formula is C31H36N8O3. The Labute approximate surface area is 245 Å². The van der Waals surface area contributed by atoms with E-state index in [9.17, 15) is 4.79 Å². The Morgan fingerprint density at radius 1 is 1.14 bits per heavy atom. The molecule has 5 rings (SSSR count). The third kappa shape index (κ3) is 5.58. The molecule has 4 aromatic rings. The number of methoxy groups -OCH3 is 2. The van der Waals surface area contributed by atoms with Gasteiger partial charge in [0.1, 0.15) is 5.82 Å². The van der Waals surface area contributed by atoms with Crippen LogP contribution in [0.5, 0.6) is 11.5 Å². The van der Waals surface area contributed by atoms with Crippen LogP contribution in [0, 0.1) is 0 Å². The van der Waals surface area contributed by atoms with Gasteiger partial charge in [0.25, 0.3) is 0 Å². The maximum atomic E-state index is 13.8. The number of carbonyl (C=O) groups excluding carboxylic acids is 1. The number of aryl methyl sites for hydroxylation is 1. The standard InChI is InChI=1S/C31H36N8O3/c1-37(2)30-24(18-38(3)36-30)27-22-9-7-6-8-20(22)10-12-39(27)13-11-25(40)23-15-19(16-26(41-4)28(23)42-5)14-21-17-34-31(33)35-29(21)32/h6-9,11,13,15-18,27H,10,12,14H2,1-5H3,(H4,32,33,34,35)/b13-11+. The van der Waals surface area contributed by atoms with E-state index < -0.39 is 0 Å². The maximum Gasteiger partial charge on any atom is 0.221 e. The molecule has 1 atom stereocenters. The lowest BCUT2D eigenvalue weighted by Crippen LogP contribution is -2.33. The second-order valence-electron chi connectivity index (χ2n) is 10.4. The normalized spacial score (nSPS) is 14.6. The van der Waals surface area contributed by atoms with Gasteiger partial charge in [0.05, 0.1) is 25.8 Å². The number of allylic oxidation sites excluding steroid dienone is 1. The van der Waals surface area contributed by atoms with Crippen molar-refractivity contribution in [1.82, 2.24) is 24.6 Å². The molecule has 0 radical (unpaired) electrons. The van der Waals surface area contributed by atoms with Gasteiger partial charge in [-0.3, -0.25) is 9.48 Å². The molecule has 0 fully saturated rings. The number of ketones is 1. The van der Waals surface area contributed by atoms with Crippen LogP contribution in [0.2, 0.25) is 0 Å². The molecule has 4 N–H and O–H groups in total. The van der Waals surface area contributed by atoms with Crippen LogP contribution < -0.4 is 25.8 Å². The highest BCUT2D eigenvalue weighted by atomic mass is 16.5. The van der Waals surface area contributed by atoms with Gasteiger partial charge in [-0.05, 0) is 35.2 Å². The topological polar surface area (TPSA) is 138 Å². The average molecular weight is 569 g/mol. The number of anilines is 3. The van der Waals surface area contributed by atoms with E-state index in [2.05, 4.69) is 45.3 Å². The Hall–Kier alpha value is -5.06. The molecule has 0 amide bonds. The largest absolute Gasteiger partial charge is 0.493 e. The zero-order valence-corrected chi connectivity index (χ0v) is 24.5. The number of fused-ring (bicyclic) bond motifs is 1. The number of hydrogen-bond donors (Lipinski definition) is 2. The van der Waals surface area contributed by atoms with Crippen molar-refractivity contribution in [2.75, 3.05) is 51.2 Å². The molecule has 2 aromatic heterocycles. The predicted octanol–water partition coefficient (Wildman–Crippen LogP) is 3.39. The van der Waals surface area contributed by atoms with Gasteiger partial charge < -0.3 is 30.7 Å². The van der Waals surface area contributed by atoms with Crippen LogP contribution in [-0.4, -0.2) is 65.3 Å². The molecule has 42 heavy (non-hydrogen) atoms. The summed E-state index contributed by atoms with van der Waals surface area (Å²) >= 11 is 0. The van der Waals surface area contributed by atoms with E-state index in [-0.39, 0.29) is 23.6 Å². The first-order chi connectivity index (χ1) is 20.2. The van der Waals surface area contributed by atoms with Crippen molar-refractivity contribution in [1.29, 1.82) is 0 Å². The smallest absolute Gasteiger partial charge is 0.221 e. The molecule has 1 aliphatic rings. The number of nitrogen functional groups attached to an aromatic ring is 2. The van der Waals surface area contributed by atoms with Crippen LogP contribution in [0.15, 0.2) is 61.1 Å². The molecule has 0 saturated heterocycles. The number of rotatable bonds is 9. The number of nitrogens with zero attached hydrogens (tertiary/aromatic N) is 6. The summed E-state index contributed by atoms with van der Waals surface area (Å²) in [5.41, 5.74) is 17.1. The van der Waals surface area contributed by atoms with Crippen molar-refractivity contribution in [2.24, 2.45) is 7.05 Å². The molecule has 0 aliphatic carbocycles. The van der Waals surface area contributed by atoms with E-state index in [0.717, 1.165) is 29.9 Å². The zero-order chi connectivity index (χ0) is 30.0. The van der Waals surface area contributed by atoms with Crippen molar-refractivity contribution in [3.8, 4) is 11.5 Å². The Kier molecular flexibility index (Phi) is 8.01. The molecule has 11 heteroatoms. The summed E-state index contributed by atoms with van der Waals surface area (Å²) in [6.07, 6.45) is 8.35. The quantitative estimate of drug-likeness (QED) is 0.228. The van der Waals surface area contributed by atoms with E-state index in [4.69, 9.17) is 26.0 Å². The van der Waals surface area contributed by atoms with Gasteiger partial charge in [-0.15, -0.1) is 0 Å². The van der Waals surface area contributed by atoms with Crippen LogP contribution in [-0.2, 0) is 19.9 Å². The first-order valence-electron chi connectivity index (χ1n) is 13.6. The van der Waals surface area contributed by atoms with Crippen LogP contribution in [0.3, 0.4) is 0 Å². The molecule has 11 nitrogen and oxygen atoms in total. The van der Waals surface area contributed by atoms with E-state index in [1.165, 1.54) is 18.2 Å². The summed E-state index contributed by atoms with van der Waals surface area (Å²) in [6.45, 7) is 0.740. The molecule has 0 bridgehead atoms. The highest BCUT2D eigenvalue weighted by Crippen LogP contribution is 2.39. The third-order valence-electron chi connectivity index (χ3n) is 7.41. The molecule has 1 unspecified atom stereocenters. The number of ether oxygens (including phenoxy) is 2. The minimum Gasteiger partial charge on any atom is -0.493 e. The summed E-state index contributed by atoms with van der Waals surface area (Å²) < 4.78 is 13.1. The fraction of sp³-hybridized carbons (Fsp3) is 0.290. The van der Waals surface area contributed by atoms with Gasteiger partial charge in [0, 0.05) is 69.9 Å². The second kappa shape index (κ2) is 11.8. The Morgan fingerprint density at radius 3 is 2.64 bits per heavy atom. The van der Waals surface area contributed by atoms with Gasteiger partial charge in [0.15, 0.2) is 23.1 Å². The minimum atomic E-state index is -0.217. The van der Waals surface area contributed by atoms with Gasteiger partial charge in [-0.1, -0.05) is 24.3 Å². The van der Waals surface area contributed by atoms with Crippen LogP contribution in [0.4, 0.5) is 17.6 Å². The van der Waals surface area contributed by atoms with E-state index >= 15 is 0 Å². The monoisotopic (exact) mass is 568 g/mol. The number of nitrogens with two attached hydrogens (primary N) is 2. The Morgan fingerprint density at radius 2 is 1.93 bits per heavy atom. The van der Waals surface area contributed by atoms with E-state index in [0.29, 0.717) is 29.0 Å². The summed E-state index contributed by atoms with van der Waals surface area (Å²) in [5.74, 6) is 1.86. The lowest BCUT2D eigenvalue weighted by molar-refractivity contribution is 0.104. The summed E-state index contributed by atoms with van der Waals surface area (Å²) in [6, 6.07) is 11.9. The number of benzene rings is 2. The first-order valence-corrected chi connectivity index (χ1v) is 13.6. The Balaban J connectivity index is 1.51. The lowest BCUT2D eigenvalue weighted by atomic mass is 9.89. The van der Waals surface area contributed by atoms with Crippen LogP contribution in [0.1, 0.15) is 44.2 Å². The number of carbonyl (C=O) groups is 1. The van der Waals surface area contributed by atoms with Gasteiger partial charge >= 0.3 is 0 Å². The molecule has 3 heterocycles. The average Bonchev–Trinajstić information content (AvgIpc) is 3.37. The fourth-order valence-corrected chi connectivity index (χ4v) is 5.48.